The van der Waals surface area contributed by atoms with E-state index < -0.39 is 0 Å². The molecule has 1 aromatic carbocycles. The number of ether oxygens (including phenoxy) is 2. The number of hydrogen-bond donors (Lipinski definition) is 2. The highest BCUT2D eigenvalue weighted by atomic mass is 16.5. The number of rotatable bonds is 6. The highest BCUT2D eigenvalue weighted by Crippen LogP contribution is 2.23. The summed E-state index contributed by atoms with van der Waals surface area (Å²) in [6.45, 7) is 1.95. The molecular formula is C13H18N6O2. The van der Waals surface area contributed by atoms with Crippen LogP contribution in [0.2, 0.25) is 0 Å². The summed E-state index contributed by atoms with van der Waals surface area (Å²) in [6, 6.07) is 5.44. The Bertz CT molecular complexity index is 638. The fraction of sp³-hybridized carbons (Fsp3) is 0.308. The van der Waals surface area contributed by atoms with Gasteiger partial charge in [0.25, 0.3) is 5.95 Å². The molecule has 1 heterocycles. The third kappa shape index (κ3) is 3.22. The molecule has 1 aromatic heterocycles. The molecule has 0 radical (unpaired) electrons. The van der Waals surface area contributed by atoms with Crippen molar-refractivity contribution in [1.29, 1.82) is 0 Å². The molecule has 0 unspecified atom stereocenters. The highest BCUT2D eigenvalue weighted by Gasteiger charge is 2.06. The number of methoxy groups -OCH3 is 2. The number of aryl methyl sites for hydroxylation is 1. The number of hydrazone groups is 1. The van der Waals surface area contributed by atoms with E-state index in [0.29, 0.717) is 29.7 Å². The normalized spacial score (nSPS) is 10.8. The molecule has 8 heteroatoms. The van der Waals surface area contributed by atoms with Crippen LogP contribution in [-0.2, 0) is 6.42 Å². The number of nitrogens with one attached hydrogen (secondary N) is 1. The first-order chi connectivity index (χ1) is 10.2. The highest BCUT2D eigenvalue weighted by molar-refractivity contribution is 5.84. The van der Waals surface area contributed by atoms with Crippen molar-refractivity contribution in [3.8, 4) is 11.5 Å². The number of nitrogen functional groups attached to an aromatic ring is 1. The minimum atomic E-state index is 0.371. The number of hydrogen-bond acceptors (Lipinski definition) is 7. The van der Waals surface area contributed by atoms with Crippen molar-refractivity contribution in [2.45, 2.75) is 13.3 Å². The van der Waals surface area contributed by atoms with Crippen molar-refractivity contribution in [2.24, 2.45) is 5.10 Å². The van der Waals surface area contributed by atoms with Crippen LogP contribution < -0.4 is 20.7 Å². The summed E-state index contributed by atoms with van der Waals surface area (Å²) in [6.07, 6.45) is 2.31. The van der Waals surface area contributed by atoms with E-state index >= 15 is 0 Å². The van der Waals surface area contributed by atoms with Gasteiger partial charge in [-0.05, 0) is 12.1 Å². The van der Waals surface area contributed by atoms with Crippen molar-refractivity contribution >= 4 is 12.2 Å². The van der Waals surface area contributed by atoms with Crippen LogP contribution >= 0.6 is 0 Å². The summed E-state index contributed by atoms with van der Waals surface area (Å²) in [5, 5.41) is 11.9. The summed E-state index contributed by atoms with van der Waals surface area (Å²) in [7, 11) is 3.19. The molecule has 2 aromatic rings. The molecule has 0 bridgehead atoms. The zero-order chi connectivity index (χ0) is 15.2. The van der Waals surface area contributed by atoms with Gasteiger partial charge in [-0.25, -0.2) is 10.1 Å². The summed E-state index contributed by atoms with van der Waals surface area (Å²) >= 11 is 0. The zero-order valence-electron chi connectivity index (χ0n) is 12.2. The van der Waals surface area contributed by atoms with E-state index in [-0.39, 0.29) is 0 Å². The van der Waals surface area contributed by atoms with E-state index in [9.17, 15) is 0 Å². The summed E-state index contributed by atoms with van der Waals surface area (Å²) in [4.78, 5) is 0. The van der Waals surface area contributed by atoms with Crippen molar-refractivity contribution in [1.82, 2.24) is 14.9 Å². The lowest BCUT2D eigenvalue weighted by atomic mass is 10.2. The number of aromatic nitrogens is 3. The van der Waals surface area contributed by atoms with Crippen LogP contribution in [0.1, 0.15) is 18.3 Å². The lowest BCUT2D eigenvalue weighted by Crippen LogP contribution is -2.14. The standard InChI is InChI=1S/C13H18N6O2/c1-4-12-16-18-13(19(12)14)17-15-8-9-5-6-10(20-2)7-11(9)21-3/h5-8H,4,14H2,1-3H3,(H,17,18)/b15-8-. The Morgan fingerprint density at radius 2 is 2.14 bits per heavy atom. The fourth-order valence-corrected chi connectivity index (χ4v) is 1.73. The third-order valence-corrected chi connectivity index (χ3v) is 2.89. The molecule has 0 aliphatic carbocycles. The van der Waals surface area contributed by atoms with Crippen LogP contribution in [0.15, 0.2) is 23.3 Å². The lowest BCUT2D eigenvalue weighted by Gasteiger charge is -2.07. The van der Waals surface area contributed by atoms with Crippen LogP contribution in [-0.4, -0.2) is 35.3 Å². The molecule has 0 spiro atoms. The number of anilines is 1. The topological polar surface area (TPSA) is 99.6 Å². The Morgan fingerprint density at radius 1 is 1.33 bits per heavy atom. The van der Waals surface area contributed by atoms with Gasteiger partial charge in [0.2, 0.25) is 0 Å². The van der Waals surface area contributed by atoms with Crippen LogP contribution in [0.25, 0.3) is 0 Å². The van der Waals surface area contributed by atoms with Crippen molar-refractivity contribution < 1.29 is 9.47 Å². The molecule has 0 saturated heterocycles. The maximum Gasteiger partial charge on any atom is 0.263 e. The van der Waals surface area contributed by atoms with Gasteiger partial charge >= 0.3 is 0 Å². The van der Waals surface area contributed by atoms with Crippen LogP contribution in [0.3, 0.4) is 0 Å². The Kier molecular flexibility index (Phi) is 4.60. The molecule has 8 nitrogen and oxygen atoms in total. The van der Waals surface area contributed by atoms with E-state index in [1.807, 2.05) is 19.1 Å². The van der Waals surface area contributed by atoms with E-state index in [4.69, 9.17) is 15.3 Å². The molecule has 0 fully saturated rings. The van der Waals surface area contributed by atoms with Gasteiger partial charge in [-0.2, -0.15) is 5.10 Å². The van der Waals surface area contributed by atoms with Gasteiger partial charge in [0.1, 0.15) is 11.5 Å². The first kappa shape index (κ1) is 14.6. The van der Waals surface area contributed by atoms with Crippen molar-refractivity contribution in [2.75, 3.05) is 25.5 Å². The Hall–Kier alpha value is -2.77. The smallest absolute Gasteiger partial charge is 0.263 e. The molecule has 2 rings (SSSR count). The zero-order valence-corrected chi connectivity index (χ0v) is 12.2. The van der Waals surface area contributed by atoms with E-state index in [2.05, 4.69) is 20.7 Å². The maximum absolute atomic E-state index is 5.80. The second-order valence-electron chi connectivity index (χ2n) is 4.14. The maximum atomic E-state index is 5.80. The predicted molar refractivity (Wildman–Crippen MR) is 80.3 cm³/mol. The minimum Gasteiger partial charge on any atom is -0.497 e. The first-order valence-electron chi connectivity index (χ1n) is 6.40. The van der Waals surface area contributed by atoms with Gasteiger partial charge < -0.3 is 15.3 Å². The van der Waals surface area contributed by atoms with Crippen LogP contribution in [0, 0.1) is 0 Å². The molecule has 112 valence electrons. The van der Waals surface area contributed by atoms with Gasteiger partial charge in [-0.3, -0.25) is 0 Å². The van der Waals surface area contributed by atoms with Crippen molar-refractivity contribution in [3.63, 3.8) is 0 Å². The summed E-state index contributed by atoms with van der Waals surface area (Å²) in [5.74, 6) is 8.22. The van der Waals surface area contributed by atoms with Crippen LogP contribution in [0.4, 0.5) is 5.95 Å². The monoisotopic (exact) mass is 290 g/mol. The van der Waals surface area contributed by atoms with E-state index in [1.165, 1.54) is 4.68 Å². The first-order valence-corrected chi connectivity index (χ1v) is 6.40. The minimum absolute atomic E-state index is 0.371. The van der Waals surface area contributed by atoms with Gasteiger partial charge in [-0.15, -0.1) is 10.2 Å². The average Bonchev–Trinajstić information content (AvgIpc) is 2.88. The largest absolute Gasteiger partial charge is 0.497 e. The molecule has 0 saturated carbocycles. The van der Waals surface area contributed by atoms with Gasteiger partial charge in [0, 0.05) is 18.1 Å². The summed E-state index contributed by atoms with van der Waals surface area (Å²) < 4.78 is 11.8. The average molecular weight is 290 g/mol. The molecular weight excluding hydrogens is 272 g/mol. The number of benzene rings is 1. The second-order valence-corrected chi connectivity index (χ2v) is 4.14. The summed E-state index contributed by atoms with van der Waals surface area (Å²) in [5.41, 5.74) is 3.54. The fourth-order valence-electron chi connectivity index (χ4n) is 1.73. The predicted octanol–water partition coefficient (Wildman–Crippen LogP) is 1.02. The van der Waals surface area contributed by atoms with Gasteiger partial charge in [0.15, 0.2) is 5.82 Å². The molecule has 0 atom stereocenters. The molecule has 21 heavy (non-hydrogen) atoms. The van der Waals surface area contributed by atoms with Gasteiger partial charge in [0.05, 0.1) is 20.4 Å². The molecule has 0 aliphatic rings. The molecule has 3 N–H and O–H groups in total. The van der Waals surface area contributed by atoms with E-state index in [0.717, 1.165) is 5.56 Å². The van der Waals surface area contributed by atoms with Crippen molar-refractivity contribution in [3.05, 3.63) is 29.6 Å². The lowest BCUT2D eigenvalue weighted by molar-refractivity contribution is 0.394. The number of nitrogens with zero attached hydrogens (tertiary/aromatic N) is 4. The van der Waals surface area contributed by atoms with E-state index in [1.54, 1.807) is 26.5 Å². The Morgan fingerprint density at radius 3 is 2.76 bits per heavy atom. The molecule has 0 amide bonds. The quantitative estimate of drug-likeness (QED) is 0.468. The third-order valence-electron chi connectivity index (χ3n) is 2.89. The Balaban J connectivity index is 2.12. The molecule has 0 aliphatic heterocycles. The SMILES string of the molecule is CCc1nnc(N/N=C\c2ccc(OC)cc2OC)n1N. The van der Waals surface area contributed by atoms with Gasteiger partial charge in [-0.1, -0.05) is 6.92 Å². The number of nitrogens with two attached hydrogens (primary N) is 1. The van der Waals surface area contributed by atoms with Crippen LogP contribution in [0.5, 0.6) is 11.5 Å². The second kappa shape index (κ2) is 6.60. The Labute approximate surface area is 122 Å².